The number of amides is 7. The second-order valence-electron chi connectivity index (χ2n) is 15.2. The van der Waals surface area contributed by atoms with E-state index in [0.717, 1.165) is 4.90 Å². The minimum Gasteiger partial charge on any atom is -0.481 e. The molecule has 0 unspecified atom stereocenters. The first-order valence-corrected chi connectivity index (χ1v) is 22.0. The summed E-state index contributed by atoms with van der Waals surface area (Å²) >= 11 is 1.48. The Kier molecular flexibility index (Phi) is 24.6. The van der Waals surface area contributed by atoms with Crippen molar-refractivity contribution >= 4 is 77.0 Å². The van der Waals surface area contributed by atoms with E-state index in [1.54, 1.807) is 13.8 Å². The molecule has 1 aliphatic rings. The first-order valence-electron chi connectivity index (χ1n) is 20.6. The van der Waals surface area contributed by atoms with Gasteiger partial charge >= 0.3 is 17.9 Å². The molecule has 1 fully saturated rings. The van der Waals surface area contributed by atoms with Crippen molar-refractivity contribution in [1.82, 2.24) is 36.8 Å². The van der Waals surface area contributed by atoms with Crippen LogP contribution < -0.4 is 49.1 Å². The van der Waals surface area contributed by atoms with E-state index in [4.69, 9.17) is 17.2 Å². The lowest BCUT2D eigenvalue weighted by Gasteiger charge is -2.31. The number of guanidine groups is 1. The standard InChI is InChI=1S/C38H65N11O13S/c1-6-19(2)29(37(61)62)48-35(59)26-10-8-17-49(26)36(60)25(12-14-28(52)53)47-34(58)24(11-13-27(50)51)45-31(55)21(4)43-30(54)20(3)44-33(57)23(9-7-16-42-38(40)41)46-32(56)22(39)15-18-63-5/h19-26,29H,6-18,39H2,1-5H3,(H,43,54)(H,44,57)(H,45,55)(H,46,56)(H,47,58)(H,48,59)(H,50,51)(H,52,53)(H,61,62)(H4,40,41,42)/t19-,20-,21-,22-,23-,24-,25-,26-,29-/m0/s1. The van der Waals surface area contributed by atoms with Gasteiger partial charge in [0.2, 0.25) is 41.4 Å². The van der Waals surface area contributed by atoms with Crippen LogP contribution in [0.25, 0.3) is 0 Å². The number of carboxylic acid groups (broad SMARTS) is 3. The Labute approximate surface area is 369 Å². The van der Waals surface area contributed by atoms with Crippen LogP contribution in [-0.2, 0) is 47.9 Å². The Morgan fingerprint density at radius 3 is 1.76 bits per heavy atom. The van der Waals surface area contributed by atoms with Crippen LogP contribution in [0.5, 0.6) is 0 Å². The van der Waals surface area contributed by atoms with E-state index in [0.29, 0.717) is 25.0 Å². The summed E-state index contributed by atoms with van der Waals surface area (Å²) in [5.74, 6) is -9.82. The second-order valence-corrected chi connectivity index (χ2v) is 16.2. The number of rotatable bonds is 29. The second kappa shape index (κ2) is 28.1. The molecule has 0 spiro atoms. The predicted molar refractivity (Wildman–Crippen MR) is 229 cm³/mol. The largest absolute Gasteiger partial charge is 0.481 e. The third kappa shape index (κ3) is 19.9. The topological polar surface area (TPSA) is 397 Å². The lowest BCUT2D eigenvalue weighted by Crippen LogP contribution is -2.59. The Morgan fingerprint density at radius 2 is 1.22 bits per heavy atom. The molecule has 24 nitrogen and oxygen atoms in total. The Balaban J connectivity index is 3.16. The third-order valence-electron chi connectivity index (χ3n) is 10.2. The molecule has 356 valence electrons. The SMILES string of the molecule is CC[C@H](C)[C@H](NC(=O)[C@@H]1CCCN1C(=O)[C@H](CCC(=O)O)NC(=O)[C@H](CCC(=O)O)NC(=O)[C@H](C)NC(=O)[C@H](C)NC(=O)[C@H](CCCN=C(N)N)NC(=O)[C@@H](N)CCSC)C(=O)O. The summed E-state index contributed by atoms with van der Waals surface area (Å²) in [6, 6.07) is -10.3. The Hall–Kier alpha value is -5.72. The lowest BCUT2D eigenvalue weighted by molar-refractivity contribution is -0.146. The number of likely N-dealkylation sites (tertiary alicyclic amines) is 1. The van der Waals surface area contributed by atoms with E-state index in [9.17, 15) is 63.3 Å². The minimum atomic E-state index is -1.62. The molecule has 25 heteroatoms. The number of aliphatic imine (C=N–C) groups is 1. The minimum absolute atomic E-state index is 0.0218. The number of carbonyl (C=O) groups excluding carboxylic acids is 7. The number of nitrogens with one attached hydrogen (secondary N) is 6. The van der Waals surface area contributed by atoms with E-state index in [-0.39, 0.29) is 38.3 Å². The lowest BCUT2D eigenvalue weighted by atomic mass is 9.98. The maximum absolute atomic E-state index is 13.9. The highest BCUT2D eigenvalue weighted by Gasteiger charge is 2.40. The first kappa shape index (κ1) is 55.3. The molecule has 63 heavy (non-hydrogen) atoms. The molecular formula is C38H65N11O13S. The van der Waals surface area contributed by atoms with Crippen molar-refractivity contribution in [1.29, 1.82) is 0 Å². The molecule has 15 N–H and O–H groups in total. The van der Waals surface area contributed by atoms with Crippen molar-refractivity contribution < 1.29 is 63.3 Å². The number of aliphatic carboxylic acids is 3. The number of thioether (sulfide) groups is 1. The quantitative estimate of drug-likeness (QED) is 0.0201. The third-order valence-corrected chi connectivity index (χ3v) is 10.9. The van der Waals surface area contributed by atoms with Gasteiger partial charge < -0.3 is 69.3 Å². The molecule has 9 atom stereocenters. The van der Waals surface area contributed by atoms with Gasteiger partial charge in [0, 0.05) is 25.9 Å². The maximum atomic E-state index is 13.9. The number of nitrogens with two attached hydrogens (primary N) is 3. The molecule has 0 bridgehead atoms. The zero-order chi connectivity index (χ0) is 48.0. The summed E-state index contributed by atoms with van der Waals surface area (Å²) in [4.78, 5) is 133. The summed E-state index contributed by atoms with van der Waals surface area (Å²) in [6.07, 6.45) is 1.21. The summed E-state index contributed by atoms with van der Waals surface area (Å²) in [5.41, 5.74) is 16.7. The zero-order valence-electron chi connectivity index (χ0n) is 36.3. The molecular weight excluding hydrogens is 851 g/mol. The molecule has 0 aromatic rings. The van der Waals surface area contributed by atoms with E-state index in [1.165, 1.54) is 25.6 Å². The van der Waals surface area contributed by atoms with Crippen molar-refractivity contribution in [2.75, 3.05) is 25.1 Å². The van der Waals surface area contributed by atoms with Gasteiger partial charge in [-0.05, 0) is 76.7 Å². The van der Waals surface area contributed by atoms with Crippen molar-refractivity contribution in [3.05, 3.63) is 0 Å². The molecule has 0 radical (unpaired) electrons. The summed E-state index contributed by atoms with van der Waals surface area (Å²) in [7, 11) is 0. The van der Waals surface area contributed by atoms with Crippen LogP contribution in [0.3, 0.4) is 0 Å². The first-order chi connectivity index (χ1) is 29.5. The van der Waals surface area contributed by atoms with Crippen molar-refractivity contribution in [3.8, 4) is 0 Å². The normalized spacial score (nSPS) is 17.2. The molecule has 1 aliphatic heterocycles. The van der Waals surface area contributed by atoms with Gasteiger partial charge in [0.1, 0.15) is 42.3 Å². The molecule has 7 amide bonds. The highest BCUT2D eigenvalue weighted by molar-refractivity contribution is 7.98. The van der Waals surface area contributed by atoms with Gasteiger partial charge in [-0.3, -0.25) is 48.1 Å². The number of nitrogens with zero attached hydrogens (tertiary/aromatic N) is 2. The van der Waals surface area contributed by atoms with E-state index in [1.807, 2.05) is 6.26 Å². The van der Waals surface area contributed by atoms with Crippen molar-refractivity contribution in [2.24, 2.45) is 28.1 Å². The molecule has 1 saturated heterocycles. The number of carbonyl (C=O) groups is 10. The van der Waals surface area contributed by atoms with Crippen LogP contribution in [0.4, 0.5) is 0 Å². The molecule has 0 aromatic heterocycles. The van der Waals surface area contributed by atoms with Gasteiger partial charge in [0.05, 0.1) is 6.04 Å². The molecule has 0 saturated carbocycles. The fourth-order valence-corrected chi connectivity index (χ4v) is 6.77. The zero-order valence-corrected chi connectivity index (χ0v) is 37.2. The summed E-state index contributed by atoms with van der Waals surface area (Å²) < 4.78 is 0. The average Bonchev–Trinajstić information content (AvgIpc) is 3.72. The molecule has 0 aromatic carbocycles. The molecule has 1 rings (SSSR count). The Bertz CT molecular complexity index is 1670. The smallest absolute Gasteiger partial charge is 0.326 e. The number of hydrogen-bond acceptors (Lipinski definition) is 13. The van der Waals surface area contributed by atoms with Crippen molar-refractivity contribution in [3.63, 3.8) is 0 Å². The van der Waals surface area contributed by atoms with E-state index < -0.39 is 139 Å². The monoisotopic (exact) mass is 915 g/mol. The van der Waals surface area contributed by atoms with Crippen molar-refractivity contribution in [2.45, 2.75) is 140 Å². The molecule has 0 aliphatic carbocycles. The van der Waals surface area contributed by atoms with Crippen LogP contribution in [0, 0.1) is 5.92 Å². The van der Waals surface area contributed by atoms with E-state index in [2.05, 4.69) is 36.9 Å². The maximum Gasteiger partial charge on any atom is 0.326 e. The fourth-order valence-electron chi connectivity index (χ4n) is 6.28. The van der Waals surface area contributed by atoms with Crippen LogP contribution in [0.1, 0.15) is 91.9 Å². The summed E-state index contributed by atoms with van der Waals surface area (Å²) in [6.45, 7) is 6.09. The van der Waals surface area contributed by atoms with Gasteiger partial charge in [-0.2, -0.15) is 11.8 Å². The van der Waals surface area contributed by atoms with Gasteiger partial charge in [-0.1, -0.05) is 20.3 Å². The van der Waals surface area contributed by atoms with Crippen LogP contribution in [0.2, 0.25) is 0 Å². The Morgan fingerprint density at radius 1 is 0.714 bits per heavy atom. The predicted octanol–water partition coefficient (Wildman–Crippen LogP) is -3.08. The van der Waals surface area contributed by atoms with Crippen LogP contribution in [-0.4, -0.2) is 159 Å². The number of hydrogen-bond donors (Lipinski definition) is 12. The van der Waals surface area contributed by atoms with Gasteiger partial charge in [-0.25, -0.2) is 4.79 Å². The van der Waals surface area contributed by atoms with Gasteiger partial charge in [-0.15, -0.1) is 0 Å². The van der Waals surface area contributed by atoms with Gasteiger partial charge in [0.15, 0.2) is 5.96 Å². The van der Waals surface area contributed by atoms with Crippen LogP contribution >= 0.6 is 11.8 Å². The fraction of sp³-hybridized carbons (Fsp3) is 0.711. The highest BCUT2D eigenvalue weighted by Crippen LogP contribution is 2.21. The van der Waals surface area contributed by atoms with Crippen LogP contribution in [0.15, 0.2) is 4.99 Å². The molecule has 1 heterocycles. The highest BCUT2D eigenvalue weighted by atomic mass is 32.2. The summed E-state index contributed by atoms with van der Waals surface area (Å²) in [5, 5.41) is 43.1. The average molecular weight is 916 g/mol. The number of carboxylic acids is 3. The van der Waals surface area contributed by atoms with E-state index >= 15 is 0 Å². The van der Waals surface area contributed by atoms with Gasteiger partial charge in [0.25, 0.3) is 0 Å².